The van der Waals surface area contributed by atoms with Crippen molar-refractivity contribution in [2.24, 2.45) is 0 Å². The summed E-state index contributed by atoms with van der Waals surface area (Å²) in [7, 11) is 0. The average molecular weight is 408 g/mol. The van der Waals surface area contributed by atoms with Gasteiger partial charge in [-0.1, -0.05) is 48.9 Å². The molecule has 29 heavy (non-hydrogen) atoms. The summed E-state index contributed by atoms with van der Waals surface area (Å²) in [6, 6.07) is 14.1. The number of aryl methyl sites for hydroxylation is 1. The maximum absolute atomic E-state index is 12.9. The summed E-state index contributed by atoms with van der Waals surface area (Å²) >= 11 is 1.54. The number of carbonyl (C=O) groups is 2. The summed E-state index contributed by atoms with van der Waals surface area (Å²) in [6.07, 6.45) is 5.47. The molecule has 1 N–H and O–H groups in total. The molecule has 1 aliphatic carbocycles. The number of nitrogens with one attached hydrogen (secondary N) is 1. The van der Waals surface area contributed by atoms with Gasteiger partial charge in [0.05, 0.1) is 18.6 Å². The Morgan fingerprint density at radius 3 is 2.69 bits per heavy atom. The van der Waals surface area contributed by atoms with Gasteiger partial charge in [-0.3, -0.25) is 4.79 Å². The van der Waals surface area contributed by atoms with Crippen molar-refractivity contribution in [2.45, 2.75) is 45.4 Å². The van der Waals surface area contributed by atoms with Gasteiger partial charge in [-0.2, -0.15) is 0 Å². The van der Waals surface area contributed by atoms with Gasteiger partial charge >= 0.3 is 5.97 Å². The normalized spacial score (nSPS) is 13.6. The third-order valence-corrected chi connectivity index (χ3v) is 6.59. The van der Waals surface area contributed by atoms with Gasteiger partial charge in [-0.15, -0.1) is 11.3 Å². The third kappa shape index (κ3) is 4.20. The van der Waals surface area contributed by atoms with Crippen molar-refractivity contribution in [3.05, 3.63) is 64.0 Å². The van der Waals surface area contributed by atoms with Crippen molar-refractivity contribution in [3.8, 4) is 0 Å². The molecule has 0 aliphatic heterocycles. The van der Waals surface area contributed by atoms with Crippen LogP contribution in [0.2, 0.25) is 0 Å². The number of esters is 1. The van der Waals surface area contributed by atoms with Crippen LogP contribution in [0.25, 0.3) is 10.8 Å². The average Bonchev–Trinajstić information content (AvgIpc) is 2.89. The minimum absolute atomic E-state index is 0.108. The third-order valence-electron chi connectivity index (χ3n) is 5.38. The molecule has 5 heteroatoms. The molecular weight excluding hydrogens is 382 g/mol. The topological polar surface area (TPSA) is 55.4 Å². The van der Waals surface area contributed by atoms with Gasteiger partial charge in [0.25, 0.3) is 0 Å². The molecule has 1 amide bonds. The van der Waals surface area contributed by atoms with Crippen molar-refractivity contribution < 1.29 is 14.3 Å². The molecular formula is C24H25NO3S. The molecule has 1 heterocycles. The van der Waals surface area contributed by atoms with E-state index < -0.39 is 0 Å². The Balaban J connectivity index is 1.61. The summed E-state index contributed by atoms with van der Waals surface area (Å²) in [5, 5.41) is 5.86. The van der Waals surface area contributed by atoms with E-state index in [9.17, 15) is 9.59 Å². The fraction of sp³-hybridized carbons (Fsp3) is 0.333. The van der Waals surface area contributed by atoms with Crippen molar-refractivity contribution in [2.75, 3.05) is 11.9 Å². The second-order valence-corrected chi connectivity index (χ2v) is 8.46. The van der Waals surface area contributed by atoms with Crippen LogP contribution in [0, 0.1) is 0 Å². The quantitative estimate of drug-likeness (QED) is 0.447. The first kappa shape index (κ1) is 19.6. The maximum atomic E-state index is 12.9. The Hall–Kier alpha value is -2.66. The van der Waals surface area contributed by atoms with Crippen molar-refractivity contribution >= 4 is 39.0 Å². The van der Waals surface area contributed by atoms with Gasteiger partial charge in [0.15, 0.2) is 0 Å². The number of benzene rings is 2. The number of hydrogen-bond acceptors (Lipinski definition) is 4. The first-order chi connectivity index (χ1) is 14.2. The van der Waals surface area contributed by atoms with E-state index in [-0.39, 0.29) is 18.3 Å². The standard InChI is InChI=1S/C24H25NO3S/c1-2-28-24(27)22-19-13-4-3-5-14-20(19)29-23(22)25-21(26)15-17-11-8-10-16-9-6-7-12-18(16)17/h6-12H,2-5,13-15H2,1H3,(H,25,26). The number of hydrogen-bond donors (Lipinski definition) is 1. The van der Waals surface area contributed by atoms with E-state index in [4.69, 9.17) is 4.74 Å². The second kappa shape index (κ2) is 8.78. The fourth-order valence-corrected chi connectivity index (χ4v) is 5.33. The lowest BCUT2D eigenvalue weighted by molar-refractivity contribution is -0.115. The minimum atomic E-state index is -0.327. The van der Waals surface area contributed by atoms with Crippen LogP contribution in [0.4, 0.5) is 5.00 Å². The Morgan fingerprint density at radius 2 is 1.83 bits per heavy atom. The van der Waals surface area contributed by atoms with Crippen LogP contribution in [-0.2, 0) is 28.8 Å². The first-order valence-corrected chi connectivity index (χ1v) is 11.1. The number of rotatable bonds is 5. The maximum Gasteiger partial charge on any atom is 0.341 e. The molecule has 1 aliphatic rings. The predicted octanol–water partition coefficient (Wildman–Crippen LogP) is 5.53. The molecule has 0 saturated carbocycles. The van der Waals surface area contributed by atoms with Gasteiger partial charge < -0.3 is 10.1 Å². The lowest BCUT2D eigenvalue weighted by Gasteiger charge is -2.10. The highest BCUT2D eigenvalue weighted by Gasteiger charge is 2.26. The molecule has 1 aromatic heterocycles. The van der Waals surface area contributed by atoms with Crippen molar-refractivity contribution in [1.29, 1.82) is 0 Å². The second-order valence-electron chi connectivity index (χ2n) is 7.35. The molecule has 4 rings (SSSR count). The number of anilines is 1. The van der Waals surface area contributed by atoms with E-state index in [1.807, 2.05) is 49.4 Å². The van der Waals surface area contributed by atoms with Crippen LogP contribution >= 0.6 is 11.3 Å². The summed E-state index contributed by atoms with van der Waals surface area (Å²) in [5.74, 6) is -0.435. The molecule has 4 nitrogen and oxygen atoms in total. The van der Waals surface area contributed by atoms with Gasteiger partial charge in [-0.25, -0.2) is 4.79 Å². The summed E-state index contributed by atoms with van der Waals surface area (Å²) in [5.41, 5.74) is 2.63. The molecule has 0 bridgehead atoms. The number of amides is 1. The first-order valence-electron chi connectivity index (χ1n) is 10.3. The van der Waals surface area contributed by atoms with Crippen LogP contribution in [-0.4, -0.2) is 18.5 Å². The minimum Gasteiger partial charge on any atom is -0.462 e. The van der Waals surface area contributed by atoms with Gasteiger partial charge in [0.1, 0.15) is 5.00 Å². The zero-order chi connectivity index (χ0) is 20.2. The Kier molecular flexibility index (Phi) is 5.95. The van der Waals surface area contributed by atoms with Gasteiger partial charge in [0, 0.05) is 4.88 Å². The Bertz CT molecular complexity index is 1050. The Morgan fingerprint density at radius 1 is 1.03 bits per heavy atom. The molecule has 0 unspecified atom stereocenters. The highest BCUT2D eigenvalue weighted by Crippen LogP contribution is 2.38. The summed E-state index contributed by atoms with van der Waals surface area (Å²) < 4.78 is 5.31. The van der Waals surface area contributed by atoms with E-state index in [0.717, 1.165) is 47.6 Å². The zero-order valence-corrected chi connectivity index (χ0v) is 17.4. The number of carbonyl (C=O) groups excluding carboxylic acids is 2. The SMILES string of the molecule is CCOC(=O)c1c(NC(=O)Cc2cccc3ccccc23)sc2c1CCCCC2. The van der Waals surface area contributed by atoms with Gasteiger partial charge in [0.2, 0.25) is 5.91 Å². The lowest BCUT2D eigenvalue weighted by Crippen LogP contribution is -2.17. The highest BCUT2D eigenvalue weighted by molar-refractivity contribution is 7.17. The van der Waals surface area contributed by atoms with Crippen molar-refractivity contribution in [3.63, 3.8) is 0 Å². The van der Waals surface area contributed by atoms with Crippen LogP contribution in [0.5, 0.6) is 0 Å². The highest BCUT2D eigenvalue weighted by atomic mass is 32.1. The van der Waals surface area contributed by atoms with Crippen LogP contribution < -0.4 is 5.32 Å². The largest absolute Gasteiger partial charge is 0.462 e. The number of thiophene rings is 1. The molecule has 0 saturated heterocycles. The van der Waals surface area contributed by atoms with Gasteiger partial charge in [-0.05, 0) is 54.5 Å². The lowest BCUT2D eigenvalue weighted by atomic mass is 10.0. The van der Waals surface area contributed by atoms with E-state index in [1.54, 1.807) is 0 Å². The van der Waals surface area contributed by atoms with Crippen LogP contribution in [0.1, 0.15) is 52.5 Å². The molecule has 0 atom stereocenters. The van der Waals surface area contributed by atoms with E-state index in [1.165, 1.54) is 22.6 Å². The Labute approximate surface area is 174 Å². The predicted molar refractivity (Wildman–Crippen MR) is 118 cm³/mol. The van der Waals surface area contributed by atoms with E-state index in [0.29, 0.717) is 17.2 Å². The molecule has 3 aromatic rings. The monoisotopic (exact) mass is 407 g/mol. The summed E-state index contributed by atoms with van der Waals surface area (Å²) in [4.78, 5) is 26.8. The molecule has 150 valence electrons. The molecule has 0 fully saturated rings. The smallest absolute Gasteiger partial charge is 0.341 e. The number of ether oxygens (including phenoxy) is 1. The van der Waals surface area contributed by atoms with Crippen LogP contribution in [0.3, 0.4) is 0 Å². The van der Waals surface area contributed by atoms with E-state index in [2.05, 4.69) is 5.32 Å². The van der Waals surface area contributed by atoms with E-state index >= 15 is 0 Å². The summed E-state index contributed by atoms with van der Waals surface area (Å²) in [6.45, 7) is 2.13. The molecule has 2 aromatic carbocycles. The zero-order valence-electron chi connectivity index (χ0n) is 16.6. The molecule has 0 spiro atoms. The molecule has 0 radical (unpaired) electrons. The fourth-order valence-electron chi connectivity index (χ4n) is 4.04. The van der Waals surface area contributed by atoms with Crippen molar-refractivity contribution in [1.82, 2.24) is 0 Å². The van der Waals surface area contributed by atoms with Crippen LogP contribution in [0.15, 0.2) is 42.5 Å². The number of fused-ring (bicyclic) bond motifs is 2.